The molecule has 0 atom stereocenters. The topological polar surface area (TPSA) is 84.1 Å². The number of halogens is 1. The summed E-state index contributed by atoms with van der Waals surface area (Å²) in [4.78, 5) is -0.193. The minimum atomic E-state index is -3.84. The lowest BCUT2D eigenvalue weighted by Crippen LogP contribution is -2.12. The molecule has 18 heavy (non-hydrogen) atoms. The van der Waals surface area contributed by atoms with Crippen LogP contribution in [0.1, 0.15) is 0 Å². The standard InChI is InChI=1S/C10H10FN3O3S/c1-17-10-3-2-8(4-9(10)11)18(15,16)14-7-5-12-13-6-7/h2-6,14H,1H3,(H,12,13). The fraction of sp³-hybridized carbons (Fsp3) is 0.100. The fourth-order valence-corrected chi connectivity index (χ4v) is 2.38. The van der Waals surface area contributed by atoms with Crippen LogP contribution in [0.25, 0.3) is 0 Å². The summed E-state index contributed by atoms with van der Waals surface area (Å²) < 4.78 is 44.2. The van der Waals surface area contributed by atoms with Crippen molar-refractivity contribution < 1.29 is 17.5 Å². The van der Waals surface area contributed by atoms with E-state index < -0.39 is 15.8 Å². The van der Waals surface area contributed by atoms with Crippen molar-refractivity contribution in [3.63, 3.8) is 0 Å². The van der Waals surface area contributed by atoms with Gasteiger partial charge in [-0.25, -0.2) is 12.8 Å². The molecular formula is C10H10FN3O3S. The quantitative estimate of drug-likeness (QED) is 0.879. The first-order valence-corrected chi connectivity index (χ1v) is 6.36. The van der Waals surface area contributed by atoms with Gasteiger partial charge in [-0.05, 0) is 18.2 Å². The number of sulfonamides is 1. The minimum absolute atomic E-state index is 0.0164. The van der Waals surface area contributed by atoms with E-state index in [1.165, 1.54) is 31.6 Å². The fourth-order valence-electron chi connectivity index (χ4n) is 1.34. The van der Waals surface area contributed by atoms with Crippen molar-refractivity contribution in [2.24, 2.45) is 0 Å². The minimum Gasteiger partial charge on any atom is -0.494 e. The van der Waals surface area contributed by atoms with Crippen LogP contribution in [0.15, 0.2) is 35.5 Å². The highest BCUT2D eigenvalue weighted by Gasteiger charge is 2.17. The van der Waals surface area contributed by atoms with Crippen LogP contribution >= 0.6 is 0 Å². The summed E-state index contributed by atoms with van der Waals surface area (Å²) in [6, 6.07) is 3.39. The molecule has 0 bridgehead atoms. The third-order valence-corrected chi connectivity index (χ3v) is 3.56. The molecule has 0 aliphatic rings. The molecule has 0 radical (unpaired) electrons. The average Bonchev–Trinajstić information content (AvgIpc) is 2.81. The third kappa shape index (κ3) is 2.43. The molecule has 1 aromatic heterocycles. The molecule has 0 amide bonds. The van der Waals surface area contributed by atoms with Crippen LogP contribution in [0.5, 0.6) is 5.75 Å². The van der Waals surface area contributed by atoms with Gasteiger partial charge in [0.05, 0.1) is 23.9 Å². The number of ether oxygens (including phenoxy) is 1. The van der Waals surface area contributed by atoms with Gasteiger partial charge in [-0.2, -0.15) is 5.10 Å². The number of nitrogens with zero attached hydrogens (tertiary/aromatic N) is 1. The molecular weight excluding hydrogens is 261 g/mol. The number of methoxy groups -OCH3 is 1. The highest BCUT2D eigenvalue weighted by atomic mass is 32.2. The molecule has 0 unspecified atom stereocenters. The van der Waals surface area contributed by atoms with E-state index in [-0.39, 0.29) is 16.3 Å². The van der Waals surface area contributed by atoms with Crippen LogP contribution < -0.4 is 9.46 Å². The molecule has 2 N–H and O–H groups in total. The molecule has 6 nitrogen and oxygen atoms in total. The van der Waals surface area contributed by atoms with Gasteiger partial charge >= 0.3 is 0 Å². The first kappa shape index (κ1) is 12.4. The summed E-state index contributed by atoms with van der Waals surface area (Å²) in [6.07, 6.45) is 2.68. The average molecular weight is 271 g/mol. The van der Waals surface area contributed by atoms with E-state index in [0.29, 0.717) is 0 Å². The number of nitrogens with one attached hydrogen (secondary N) is 2. The van der Waals surface area contributed by atoms with E-state index in [0.717, 1.165) is 6.07 Å². The zero-order valence-electron chi connectivity index (χ0n) is 9.34. The van der Waals surface area contributed by atoms with Gasteiger partial charge in [-0.3, -0.25) is 9.82 Å². The molecule has 0 spiro atoms. The Hall–Kier alpha value is -2.09. The van der Waals surface area contributed by atoms with Gasteiger partial charge in [-0.1, -0.05) is 0 Å². The van der Waals surface area contributed by atoms with E-state index in [1.807, 2.05) is 0 Å². The maximum Gasteiger partial charge on any atom is 0.262 e. The zero-order valence-corrected chi connectivity index (χ0v) is 10.2. The first-order chi connectivity index (χ1) is 8.53. The molecule has 0 fully saturated rings. The van der Waals surface area contributed by atoms with E-state index in [4.69, 9.17) is 4.74 Å². The highest BCUT2D eigenvalue weighted by molar-refractivity contribution is 7.92. The SMILES string of the molecule is COc1ccc(S(=O)(=O)Nc2cn[nH]c2)cc1F. The van der Waals surface area contributed by atoms with Gasteiger partial charge in [0.25, 0.3) is 10.0 Å². The molecule has 0 saturated heterocycles. The van der Waals surface area contributed by atoms with E-state index in [1.54, 1.807) is 0 Å². The monoisotopic (exact) mass is 271 g/mol. The maximum absolute atomic E-state index is 13.4. The predicted molar refractivity (Wildman–Crippen MR) is 62.3 cm³/mol. The molecule has 1 heterocycles. The van der Waals surface area contributed by atoms with Crippen molar-refractivity contribution >= 4 is 15.7 Å². The van der Waals surface area contributed by atoms with E-state index in [2.05, 4.69) is 14.9 Å². The summed E-state index contributed by atoms with van der Waals surface area (Å²) in [7, 11) is -2.53. The smallest absolute Gasteiger partial charge is 0.262 e. The Morgan fingerprint density at radius 2 is 2.22 bits per heavy atom. The van der Waals surface area contributed by atoms with Gasteiger partial charge in [-0.15, -0.1) is 0 Å². The van der Waals surface area contributed by atoms with E-state index in [9.17, 15) is 12.8 Å². The Bertz CT molecular complexity index is 640. The Labute approximate surface area is 103 Å². The molecule has 1 aromatic carbocycles. The van der Waals surface area contributed by atoms with Crippen molar-refractivity contribution in [1.29, 1.82) is 0 Å². The van der Waals surface area contributed by atoms with Gasteiger partial charge in [0.2, 0.25) is 0 Å². The van der Waals surface area contributed by atoms with Crippen molar-refractivity contribution in [2.75, 3.05) is 11.8 Å². The van der Waals surface area contributed by atoms with Crippen molar-refractivity contribution in [3.05, 3.63) is 36.4 Å². The van der Waals surface area contributed by atoms with Gasteiger partial charge < -0.3 is 4.74 Å². The second kappa shape index (κ2) is 4.65. The summed E-state index contributed by atoms with van der Waals surface area (Å²) in [6.45, 7) is 0. The molecule has 2 aromatic rings. The summed E-state index contributed by atoms with van der Waals surface area (Å²) >= 11 is 0. The molecule has 0 aliphatic heterocycles. The van der Waals surface area contributed by atoms with Gasteiger partial charge in [0, 0.05) is 6.20 Å². The molecule has 2 rings (SSSR count). The summed E-state index contributed by atoms with van der Waals surface area (Å²) in [5, 5.41) is 6.06. The third-order valence-electron chi connectivity index (χ3n) is 2.18. The van der Waals surface area contributed by atoms with Crippen LogP contribution in [0.3, 0.4) is 0 Å². The van der Waals surface area contributed by atoms with Crippen LogP contribution in [0, 0.1) is 5.82 Å². The second-order valence-corrected chi connectivity index (χ2v) is 5.07. The largest absolute Gasteiger partial charge is 0.494 e. The van der Waals surface area contributed by atoms with Crippen molar-refractivity contribution in [1.82, 2.24) is 10.2 Å². The van der Waals surface area contributed by atoms with Crippen LogP contribution in [0.4, 0.5) is 10.1 Å². The van der Waals surface area contributed by atoms with Gasteiger partial charge in [0.1, 0.15) is 0 Å². The molecule has 8 heteroatoms. The predicted octanol–water partition coefficient (Wildman–Crippen LogP) is 1.36. The number of benzene rings is 1. The lowest BCUT2D eigenvalue weighted by atomic mass is 10.3. The molecule has 96 valence electrons. The maximum atomic E-state index is 13.4. The lowest BCUT2D eigenvalue weighted by Gasteiger charge is -2.07. The van der Waals surface area contributed by atoms with Crippen molar-refractivity contribution in [3.8, 4) is 5.75 Å². The summed E-state index contributed by atoms with van der Waals surface area (Å²) in [5.74, 6) is -0.759. The molecule has 0 saturated carbocycles. The normalized spacial score (nSPS) is 11.2. The number of anilines is 1. The van der Waals surface area contributed by atoms with Crippen molar-refractivity contribution in [2.45, 2.75) is 4.90 Å². The van der Waals surface area contributed by atoms with Crippen LogP contribution in [0.2, 0.25) is 0 Å². The van der Waals surface area contributed by atoms with Crippen LogP contribution in [-0.2, 0) is 10.0 Å². The Balaban J connectivity index is 2.33. The Kier molecular flexibility index (Phi) is 3.19. The Morgan fingerprint density at radius 3 is 2.78 bits per heavy atom. The number of rotatable bonds is 4. The van der Waals surface area contributed by atoms with Gasteiger partial charge in [0.15, 0.2) is 11.6 Å². The zero-order chi connectivity index (χ0) is 13.2. The number of hydrogen-bond donors (Lipinski definition) is 2. The highest BCUT2D eigenvalue weighted by Crippen LogP contribution is 2.22. The lowest BCUT2D eigenvalue weighted by molar-refractivity contribution is 0.385. The number of hydrogen-bond acceptors (Lipinski definition) is 4. The second-order valence-electron chi connectivity index (χ2n) is 3.39. The van der Waals surface area contributed by atoms with Crippen LogP contribution in [-0.4, -0.2) is 25.7 Å². The molecule has 0 aliphatic carbocycles. The number of H-pyrrole nitrogens is 1. The number of aromatic nitrogens is 2. The first-order valence-electron chi connectivity index (χ1n) is 4.88. The Morgan fingerprint density at radius 1 is 1.44 bits per heavy atom. The number of aromatic amines is 1. The van der Waals surface area contributed by atoms with E-state index >= 15 is 0 Å². The summed E-state index contributed by atoms with van der Waals surface area (Å²) in [5.41, 5.74) is 0.270.